The highest BCUT2D eigenvalue weighted by Gasteiger charge is 2.26. The van der Waals surface area contributed by atoms with Crippen molar-refractivity contribution in [1.82, 2.24) is 4.90 Å². The van der Waals surface area contributed by atoms with Gasteiger partial charge in [-0.25, -0.2) is 8.78 Å². The SMILES string of the molecule is COc1ccc(C2=NO[C@@H](CN(Cc3ccc(F)cc3F)C[C@H](O)COCc3ccccc3)C2)cc1. The van der Waals surface area contributed by atoms with Crippen molar-refractivity contribution in [3.8, 4) is 5.75 Å². The topological polar surface area (TPSA) is 63.5 Å². The summed E-state index contributed by atoms with van der Waals surface area (Å²) in [6.45, 7) is 1.31. The second kappa shape index (κ2) is 12.6. The molecule has 0 saturated heterocycles. The average Bonchev–Trinajstić information content (AvgIpc) is 3.35. The maximum atomic E-state index is 14.4. The van der Waals surface area contributed by atoms with E-state index in [1.165, 1.54) is 12.1 Å². The summed E-state index contributed by atoms with van der Waals surface area (Å²) >= 11 is 0. The van der Waals surface area contributed by atoms with Crippen LogP contribution in [0.2, 0.25) is 0 Å². The molecule has 3 aromatic carbocycles. The van der Waals surface area contributed by atoms with Gasteiger partial charge >= 0.3 is 0 Å². The van der Waals surface area contributed by atoms with Crippen molar-refractivity contribution >= 4 is 5.71 Å². The van der Waals surface area contributed by atoms with E-state index in [4.69, 9.17) is 14.3 Å². The number of hydrogen-bond acceptors (Lipinski definition) is 6. The molecule has 0 radical (unpaired) electrons. The minimum absolute atomic E-state index is 0.121. The van der Waals surface area contributed by atoms with Crippen molar-refractivity contribution in [2.24, 2.45) is 5.16 Å². The summed E-state index contributed by atoms with van der Waals surface area (Å²) in [6, 6.07) is 20.8. The predicted molar refractivity (Wildman–Crippen MR) is 133 cm³/mol. The quantitative estimate of drug-likeness (QED) is 0.399. The lowest BCUT2D eigenvalue weighted by Crippen LogP contribution is -2.39. The Balaban J connectivity index is 1.36. The maximum Gasteiger partial charge on any atom is 0.145 e. The second-order valence-electron chi connectivity index (χ2n) is 8.78. The van der Waals surface area contributed by atoms with Crippen LogP contribution in [0.3, 0.4) is 0 Å². The molecule has 3 aromatic rings. The van der Waals surface area contributed by atoms with Crippen molar-refractivity contribution in [2.75, 3.05) is 26.8 Å². The van der Waals surface area contributed by atoms with Crippen LogP contribution in [0.15, 0.2) is 78.0 Å². The minimum Gasteiger partial charge on any atom is -0.497 e. The third-order valence-electron chi connectivity index (χ3n) is 5.92. The van der Waals surface area contributed by atoms with E-state index >= 15 is 0 Å². The van der Waals surface area contributed by atoms with Crippen LogP contribution in [0.1, 0.15) is 23.1 Å². The predicted octanol–water partition coefficient (Wildman–Crippen LogP) is 4.55. The average molecular weight is 497 g/mol. The molecule has 2 atom stereocenters. The molecule has 6 nitrogen and oxygen atoms in total. The number of aliphatic hydroxyl groups excluding tert-OH is 1. The van der Waals surface area contributed by atoms with Gasteiger partial charge in [0.15, 0.2) is 0 Å². The van der Waals surface area contributed by atoms with Gasteiger partial charge in [-0.1, -0.05) is 41.6 Å². The van der Waals surface area contributed by atoms with Crippen LogP contribution < -0.4 is 4.74 Å². The van der Waals surface area contributed by atoms with Gasteiger partial charge in [-0.2, -0.15) is 0 Å². The van der Waals surface area contributed by atoms with Gasteiger partial charge < -0.3 is 19.4 Å². The third kappa shape index (κ3) is 7.34. The smallest absolute Gasteiger partial charge is 0.145 e. The van der Waals surface area contributed by atoms with Gasteiger partial charge in [-0.05, 0) is 41.5 Å². The zero-order valence-electron chi connectivity index (χ0n) is 20.1. The lowest BCUT2D eigenvalue weighted by atomic mass is 10.0. The number of rotatable bonds is 12. The fraction of sp³-hybridized carbons (Fsp3) is 0.321. The lowest BCUT2D eigenvalue weighted by molar-refractivity contribution is -0.00671. The van der Waals surface area contributed by atoms with Gasteiger partial charge in [-0.3, -0.25) is 4.90 Å². The van der Waals surface area contributed by atoms with Crippen LogP contribution in [-0.2, 0) is 22.7 Å². The Morgan fingerprint density at radius 1 is 1.08 bits per heavy atom. The third-order valence-corrected chi connectivity index (χ3v) is 5.92. The molecule has 0 unspecified atom stereocenters. The number of oxime groups is 1. The number of hydrogen-bond donors (Lipinski definition) is 1. The van der Waals surface area contributed by atoms with Crippen LogP contribution in [0.5, 0.6) is 5.75 Å². The molecule has 0 aliphatic carbocycles. The van der Waals surface area contributed by atoms with E-state index in [0.29, 0.717) is 25.1 Å². The molecular weight excluding hydrogens is 466 g/mol. The fourth-order valence-corrected chi connectivity index (χ4v) is 4.10. The van der Waals surface area contributed by atoms with E-state index in [0.717, 1.165) is 28.7 Å². The van der Waals surface area contributed by atoms with E-state index in [-0.39, 0.29) is 25.8 Å². The molecule has 0 fully saturated rings. The molecule has 8 heteroatoms. The molecule has 190 valence electrons. The molecule has 1 heterocycles. The number of halogens is 2. The van der Waals surface area contributed by atoms with Gasteiger partial charge in [0.2, 0.25) is 0 Å². The highest BCUT2D eigenvalue weighted by Crippen LogP contribution is 2.21. The monoisotopic (exact) mass is 496 g/mol. The van der Waals surface area contributed by atoms with Gasteiger partial charge in [0.25, 0.3) is 0 Å². The van der Waals surface area contributed by atoms with Gasteiger partial charge in [0.1, 0.15) is 23.5 Å². The molecule has 0 bridgehead atoms. The number of aliphatic hydroxyl groups is 1. The lowest BCUT2D eigenvalue weighted by Gasteiger charge is -2.27. The van der Waals surface area contributed by atoms with Crippen molar-refractivity contribution < 1.29 is 28.2 Å². The summed E-state index contributed by atoms with van der Waals surface area (Å²) < 4.78 is 38.7. The molecule has 1 N–H and O–H groups in total. The van der Waals surface area contributed by atoms with Gasteiger partial charge in [0, 0.05) is 37.7 Å². The highest BCUT2D eigenvalue weighted by molar-refractivity contribution is 6.01. The fourth-order valence-electron chi connectivity index (χ4n) is 4.10. The molecule has 0 amide bonds. The van der Waals surface area contributed by atoms with E-state index in [2.05, 4.69) is 5.16 Å². The Hall–Kier alpha value is -3.33. The first kappa shape index (κ1) is 25.8. The molecule has 0 saturated carbocycles. The largest absolute Gasteiger partial charge is 0.497 e. The zero-order valence-corrected chi connectivity index (χ0v) is 20.1. The standard InChI is InChI=1S/C28H30F2N2O4/c1-34-25-11-8-21(9-12-25)28-14-26(36-31-28)17-32(15-22-7-10-23(29)13-27(22)30)16-24(33)19-35-18-20-5-3-2-4-6-20/h2-13,24,26,33H,14-19H2,1H3/t24-,26+/m0/s1. The van der Waals surface area contributed by atoms with Gasteiger partial charge in [-0.15, -0.1) is 0 Å². The summed E-state index contributed by atoms with van der Waals surface area (Å²) in [7, 11) is 1.61. The Bertz CT molecular complexity index is 1140. The zero-order chi connectivity index (χ0) is 25.3. The van der Waals surface area contributed by atoms with Crippen molar-refractivity contribution in [3.63, 3.8) is 0 Å². The Labute approximate surface area is 209 Å². The first-order valence-electron chi connectivity index (χ1n) is 11.8. The van der Waals surface area contributed by atoms with Crippen molar-refractivity contribution in [1.29, 1.82) is 0 Å². The molecule has 4 rings (SSSR count). The van der Waals surface area contributed by atoms with Crippen LogP contribution >= 0.6 is 0 Å². The van der Waals surface area contributed by atoms with Gasteiger partial charge in [0.05, 0.1) is 32.1 Å². The number of methoxy groups -OCH3 is 1. The summed E-state index contributed by atoms with van der Waals surface area (Å²) in [5, 5.41) is 14.9. The maximum absolute atomic E-state index is 14.4. The van der Waals surface area contributed by atoms with Crippen LogP contribution in [0, 0.1) is 11.6 Å². The van der Waals surface area contributed by atoms with E-state index in [1.54, 1.807) is 7.11 Å². The van der Waals surface area contributed by atoms with Crippen LogP contribution in [0.25, 0.3) is 0 Å². The second-order valence-corrected chi connectivity index (χ2v) is 8.78. The highest BCUT2D eigenvalue weighted by atomic mass is 19.1. The molecule has 0 spiro atoms. The van der Waals surface area contributed by atoms with Crippen molar-refractivity contribution in [3.05, 3.63) is 101 Å². The van der Waals surface area contributed by atoms with E-state index in [9.17, 15) is 13.9 Å². The van der Waals surface area contributed by atoms with Crippen LogP contribution in [-0.4, -0.2) is 54.7 Å². The summed E-state index contributed by atoms with van der Waals surface area (Å²) in [6.07, 6.45) is -0.515. The van der Waals surface area contributed by atoms with Crippen molar-refractivity contribution in [2.45, 2.75) is 31.8 Å². The summed E-state index contributed by atoms with van der Waals surface area (Å²) in [5.41, 5.74) is 3.09. The summed E-state index contributed by atoms with van der Waals surface area (Å²) in [4.78, 5) is 7.54. The number of ether oxygens (including phenoxy) is 2. The number of benzene rings is 3. The molecule has 1 aliphatic rings. The molecule has 1 aliphatic heterocycles. The minimum atomic E-state index is -0.805. The summed E-state index contributed by atoms with van der Waals surface area (Å²) in [5.74, 6) is -0.503. The Kier molecular flexibility index (Phi) is 9.00. The molecular formula is C28H30F2N2O4. The Morgan fingerprint density at radius 2 is 1.86 bits per heavy atom. The molecule has 36 heavy (non-hydrogen) atoms. The first-order chi connectivity index (χ1) is 17.5. The first-order valence-corrected chi connectivity index (χ1v) is 11.8. The normalized spacial score (nSPS) is 16.0. The Morgan fingerprint density at radius 3 is 2.58 bits per heavy atom. The number of nitrogens with zero attached hydrogens (tertiary/aromatic N) is 2. The van der Waals surface area contributed by atoms with E-state index in [1.807, 2.05) is 59.5 Å². The van der Waals surface area contributed by atoms with Crippen LogP contribution in [0.4, 0.5) is 8.78 Å². The molecule has 0 aromatic heterocycles. The van der Waals surface area contributed by atoms with E-state index < -0.39 is 17.7 Å².